The fourth-order valence-electron chi connectivity index (χ4n) is 1.55. The third kappa shape index (κ3) is 1.59. The number of fused-ring (bicyclic) bond motifs is 1. The molecule has 0 radical (unpaired) electrons. The van der Waals surface area contributed by atoms with Gasteiger partial charge in [0.15, 0.2) is 0 Å². The van der Waals surface area contributed by atoms with Gasteiger partial charge >= 0.3 is 7.12 Å². The summed E-state index contributed by atoms with van der Waals surface area (Å²) in [4.78, 5) is 0. The molecule has 1 aliphatic heterocycles. The second-order valence-electron chi connectivity index (χ2n) is 4.71. The lowest BCUT2D eigenvalue weighted by Crippen LogP contribution is -2.18. The minimum absolute atomic E-state index is 0.153. The van der Waals surface area contributed by atoms with Crippen LogP contribution in [-0.2, 0) is 5.41 Å². The second kappa shape index (κ2) is 2.94. The van der Waals surface area contributed by atoms with E-state index in [-0.39, 0.29) is 12.5 Å². The number of hydrogen-bond donors (Lipinski definition) is 0. The maximum absolute atomic E-state index is 5.52. The van der Waals surface area contributed by atoms with Crippen molar-refractivity contribution in [3.63, 3.8) is 0 Å². The first-order valence-electron chi connectivity index (χ1n) is 4.95. The molecule has 0 saturated carbocycles. The first-order chi connectivity index (χ1) is 6.47. The maximum atomic E-state index is 5.52. The lowest BCUT2D eigenvalue weighted by Gasteiger charge is -2.19. The van der Waals surface area contributed by atoms with Crippen LogP contribution in [0.3, 0.4) is 0 Å². The zero-order chi connectivity index (χ0) is 10.3. The van der Waals surface area contributed by atoms with Gasteiger partial charge in [-0.25, -0.2) is 0 Å². The molecule has 0 fully saturated rings. The van der Waals surface area contributed by atoms with Crippen LogP contribution in [0, 0.1) is 0 Å². The zero-order valence-corrected chi connectivity index (χ0v) is 9.13. The van der Waals surface area contributed by atoms with Crippen molar-refractivity contribution in [1.29, 1.82) is 0 Å². The lowest BCUT2D eigenvalue weighted by molar-refractivity contribution is 0.509. The number of benzene rings is 1. The monoisotopic (exact) mass is 190 g/mol. The van der Waals surface area contributed by atoms with E-state index in [0.29, 0.717) is 0 Å². The van der Waals surface area contributed by atoms with Gasteiger partial charge in [-0.3, -0.25) is 0 Å². The Kier molecular flexibility index (Phi) is 1.98. The summed E-state index contributed by atoms with van der Waals surface area (Å²) in [5.74, 6) is 1.72. The Morgan fingerprint density at radius 3 is 2.36 bits per heavy atom. The molecule has 0 saturated heterocycles. The van der Waals surface area contributed by atoms with Crippen molar-refractivity contribution in [1.82, 2.24) is 0 Å². The molecule has 74 valence electrons. The molecule has 2 rings (SSSR count). The molecule has 0 bridgehead atoms. The summed E-state index contributed by atoms with van der Waals surface area (Å²) < 4.78 is 11.0. The summed E-state index contributed by atoms with van der Waals surface area (Å²) in [6, 6.07) is 6.15. The van der Waals surface area contributed by atoms with Crippen LogP contribution in [0.25, 0.3) is 0 Å². The minimum atomic E-state index is -0.153. The third-order valence-electron chi connectivity index (χ3n) is 2.40. The molecule has 0 N–H and O–H groups in total. The normalized spacial score (nSPS) is 14.7. The molecule has 1 heterocycles. The zero-order valence-electron chi connectivity index (χ0n) is 9.13. The summed E-state index contributed by atoms with van der Waals surface area (Å²) in [5.41, 5.74) is 1.43. The highest BCUT2D eigenvalue weighted by atomic mass is 16.6. The summed E-state index contributed by atoms with van der Waals surface area (Å²) in [5, 5.41) is 0. The molecule has 0 amide bonds. The van der Waals surface area contributed by atoms with E-state index >= 15 is 0 Å². The van der Waals surface area contributed by atoms with E-state index in [4.69, 9.17) is 9.31 Å². The van der Waals surface area contributed by atoms with Crippen LogP contribution in [0.5, 0.6) is 11.5 Å². The summed E-state index contributed by atoms with van der Waals surface area (Å²) in [6.45, 7) is 8.46. The van der Waals surface area contributed by atoms with Crippen molar-refractivity contribution in [2.24, 2.45) is 0 Å². The van der Waals surface area contributed by atoms with Crippen LogP contribution < -0.4 is 9.31 Å². The second-order valence-corrected chi connectivity index (χ2v) is 4.71. The van der Waals surface area contributed by atoms with E-state index in [1.165, 1.54) is 5.56 Å². The molecule has 0 atom stereocenters. The van der Waals surface area contributed by atoms with Gasteiger partial charge in [0.2, 0.25) is 0 Å². The van der Waals surface area contributed by atoms with Crippen LogP contribution in [0.1, 0.15) is 26.3 Å². The highest BCUT2D eigenvalue weighted by Gasteiger charge is 2.27. The smallest absolute Gasteiger partial charge is 0.523 e. The van der Waals surface area contributed by atoms with Gasteiger partial charge in [0.25, 0.3) is 0 Å². The van der Waals surface area contributed by atoms with Crippen LogP contribution in [0.4, 0.5) is 0 Å². The molecule has 3 heteroatoms. The van der Waals surface area contributed by atoms with Crippen molar-refractivity contribution in [2.75, 3.05) is 0 Å². The number of hydrogen-bond acceptors (Lipinski definition) is 2. The van der Waals surface area contributed by atoms with Gasteiger partial charge in [0.05, 0.1) is 0 Å². The Balaban J connectivity index is 2.38. The molecule has 2 nitrogen and oxygen atoms in total. The maximum Gasteiger partial charge on any atom is 0.591 e. The molecular weight excluding hydrogens is 175 g/mol. The van der Waals surface area contributed by atoms with Gasteiger partial charge in [-0.05, 0) is 29.9 Å². The largest absolute Gasteiger partial charge is 0.591 e. The highest BCUT2D eigenvalue weighted by molar-refractivity contribution is 6.45. The van der Waals surface area contributed by atoms with Gasteiger partial charge in [-0.1, -0.05) is 26.8 Å². The Hall–Kier alpha value is -1.12. The predicted octanol–water partition coefficient (Wildman–Crippen LogP) is 2.87. The van der Waals surface area contributed by atoms with Gasteiger partial charge < -0.3 is 9.31 Å². The van der Waals surface area contributed by atoms with E-state index in [1.807, 2.05) is 12.9 Å². The summed E-state index contributed by atoms with van der Waals surface area (Å²) >= 11 is 0. The topological polar surface area (TPSA) is 18.5 Å². The molecule has 0 aromatic heterocycles. The average Bonchev–Trinajstić information content (AvgIpc) is 2.41. The predicted molar refractivity (Wildman–Crippen MR) is 58.0 cm³/mol. The Morgan fingerprint density at radius 2 is 1.71 bits per heavy atom. The summed E-state index contributed by atoms with van der Waals surface area (Å²) in [6.07, 6.45) is 0. The molecule has 0 unspecified atom stereocenters. The standard InChI is InChI=1S/C11H15BO2/c1-11(2,3)8-5-6-9-10(7-8)14-12(4)13-9/h5-7H,1-4H3. The van der Waals surface area contributed by atoms with Crippen LogP contribution >= 0.6 is 0 Å². The molecule has 1 aliphatic rings. The first-order valence-corrected chi connectivity index (χ1v) is 4.95. The van der Waals surface area contributed by atoms with Crippen LogP contribution in [-0.4, -0.2) is 7.12 Å². The molecule has 0 spiro atoms. The van der Waals surface area contributed by atoms with Crippen molar-refractivity contribution in [3.8, 4) is 11.5 Å². The van der Waals surface area contributed by atoms with Crippen LogP contribution in [0.2, 0.25) is 6.82 Å². The summed E-state index contributed by atoms with van der Waals surface area (Å²) in [7, 11) is -0.153. The number of rotatable bonds is 0. The van der Waals surface area contributed by atoms with Crippen molar-refractivity contribution >= 4 is 7.12 Å². The van der Waals surface area contributed by atoms with E-state index in [1.54, 1.807) is 0 Å². The SMILES string of the molecule is CB1Oc2ccc(C(C)(C)C)cc2O1. The average molecular weight is 190 g/mol. The Labute approximate surface area is 85.4 Å². The van der Waals surface area contributed by atoms with Crippen molar-refractivity contribution < 1.29 is 9.31 Å². The fourth-order valence-corrected chi connectivity index (χ4v) is 1.55. The van der Waals surface area contributed by atoms with Gasteiger partial charge in [-0.2, -0.15) is 0 Å². The lowest BCUT2D eigenvalue weighted by atomic mass is 9.87. The third-order valence-corrected chi connectivity index (χ3v) is 2.40. The molecule has 1 aromatic rings. The fraction of sp³-hybridized carbons (Fsp3) is 0.455. The highest BCUT2D eigenvalue weighted by Crippen LogP contribution is 2.37. The van der Waals surface area contributed by atoms with Gasteiger partial charge in [0, 0.05) is 0 Å². The Morgan fingerprint density at radius 1 is 1.07 bits per heavy atom. The molecule has 1 aromatic carbocycles. The van der Waals surface area contributed by atoms with Gasteiger partial charge in [0.1, 0.15) is 11.5 Å². The molecular formula is C11H15BO2. The van der Waals surface area contributed by atoms with Crippen molar-refractivity contribution in [3.05, 3.63) is 23.8 Å². The van der Waals surface area contributed by atoms with Crippen LogP contribution in [0.15, 0.2) is 18.2 Å². The van der Waals surface area contributed by atoms with E-state index < -0.39 is 0 Å². The van der Waals surface area contributed by atoms with E-state index in [0.717, 1.165) is 11.5 Å². The van der Waals surface area contributed by atoms with Crippen molar-refractivity contribution in [2.45, 2.75) is 33.0 Å². The van der Waals surface area contributed by atoms with Gasteiger partial charge in [-0.15, -0.1) is 0 Å². The molecule has 0 aliphatic carbocycles. The quantitative estimate of drug-likeness (QED) is 0.585. The first kappa shape index (κ1) is 9.44. The van der Waals surface area contributed by atoms with E-state index in [2.05, 4.69) is 32.9 Å². The minimum Gasteiger partial charge on any atom is -0.523 e. The Bertz CT molecular complexity index is 355. The van der Waals surface area contributed by atoms with E-state index in [9.17, 15) is 0 Å². The molecule has 14 heavy (non-hydrogen) atoms.